The highest BCUT2D eigenvalue weighted by Crippen LogP contribution is 2.29. The number of fused-ring (bicyclic) bond motifs is 1. The third-order valence-electron chi connectivity index (χ3n) is 4.47. The van der Waals surface area contributed by atoms with Gasteiger partial charge in [0.2, 0.25) is 0 Å². The minimum absolute atomic E-state index is 0.170. The topological polar surface area (TPSA) is 81.8 Å². The zero-order valence-electron chi connectivity index (χ0n) is 15.3. The van der Waals surface area contributed by atoms with Gasteiger partial charge in [0.15, 0.2) is 5.82 Å². The van der Waals surface area contributed by atoms with E-state index in [1.54, 1.807) is 22.6 Å². The van der Waals surface area contributed by atoms with E-state index in [-0.39, 0.29) is 5.82 Å². The van der Waals surface area contributed by atoms with Gasteiger partial charge in [-0.2, -0.15) is 10.2 Å². The summed E-state index contributed by atoms with van der Waals surface area (Å²) in [7, 11) is -2.37. The lowest BCUT2D eigenvalue weighted by Gasteiger charge is -2.09. The molecule has 0 saturated carbocycles. The lowest BCUT2D eigenvalue weighted by molar-refractivity contribution is 0.570. The molecule has 144 valence electrons. The quantitative estimate of drug-likeness (QED) is 0.559. The van der Waals surface area contributed by atoms with Crippen molar-refractivity contribution in [3.05, 3.63) is 71.8 Å². The van der Waals surface area contributed by atoms with Crippen molar-refractivity contribution < 1.29 is 12.8 Å². The van der Waals surface area contributed by atoms with Gasteiger partial charge in [-0.25, -0.2) is 12.8 Å². The second kappa shape index (κ2) is 6.75. The standard InChI is InChI=1S/C19H18FN5O2S/c1-13-10-14(12-25-9-5-8-21-25)11-16-18(13)19(22-24(16)2)23-28(26,27)17-7-4-3-6-15(17)20/h3-11H,12H2,1-2H3,(H,22,23). The minimum Gasteiger partial charge on any atom is -0.268 e. The van der Waals surface area contributed by atoms with Crippen LogP contribution in [0.5, 0.6) is 0 Å². The molecule has 7 nitrogen and oxygen atoms in total. The van der Waals surface area contributed by atoms with Crippen LogP contribution in [0, 0.1) is 12.7 Å². The number of anilines is 1. The number of aromatic nitrogens is 4. The number of benzene rings is 2. The van der Waals surface area contributed by atoms with E-state index >= 15 is 0 Å². The zero-order chi connectivity index (χ0) is 19.9. The van der Waals surface area contributed by atoms with E-state index in [1.165, 1.54) is 18.2 Å². The van der Waals surface area contributed by atoms with Crippen molar-refractivity contribution in [2.45, 2.75) is 18.4 Å². The highest BCUT2D eigenvalue weighted by molar-refractivity contribution is 7.92. The van der Waals surface area contributed by atoms with Crippen molar-refractivity contribution in [2.75, 3.05) is 4.72 Å². The van der Waals surface area contributed by atoms with Crippen LogP contribution < -0.4 is 4.72 Å². The van der Waals surface area contributed by atoms with Crippen LogP contribution in [-0.4, -0.2) is 28.0 Å². The van der Waals surface area contributed by atoms with Crippen molar-refractivity contribution in [1.82, 2.24) is 19.6 Å². The summed E-state index contributed by atoms with van der Waals surface area (Å²) < 4.78 is 45.1. The average molecular weight is 399 g/mol. The highest BCUT2D eigenvalue weighted by Gasteiger charge is 2.22. The van der Waals surface area contributed by atoms with Crippen LogP contribution in [0.1, 0.15) is 11.1 Å². The molecule has 0 aliphatic heterocycles. The van der Waals surface area contributed by atoms with Gasteiger partial charge in [-0.1, -0.05) is 18.2 Å². The van der Waals surface area contributed by atoms with E-state index in [0.29, 0.717) is 11.9 Å². The molecular weight excluding hydrogens is 381 g/mol. The highest BCUT2D eigenvalue weighted by atomic mass is 32.2. The molecule has 2 aromatic carbocycles. The molecule has 0 fully saturated rings. The molecule has 0 saturated heterocycles. The molecule has 0 radical (unpaired) electrons. The van der Waals surface area contributed by atoms with Crippen molar-refractivity contribution in [3.8, 4) is 0 Å². The molecule has 0 spiro atoms. The molecule has 1 N–H and O–H groups in total. The number of hydrogen-bond acceptors (Lipinski definition) is 4. The van der Waals surface area contributed by atoms with Gasteiger partial charge in [-0.05, 0) is 42.3 Å². The number of nitrogens with zero attached hydrogens (tertiary/aromatic N) is 4. The summed E-state index contributed by atoms with van der Waals surface area (Å²) in [5.74, 6) is -0.641. The molecule has 2 heterocycles. The van der Waals surface area contributed by atoms with Crippen LogP contribution in [0.25, 0.3) is 10.9 Å². The monoisotopic (exact) mass is 399 g/mol. The lowest BCUT2D eigenvalue weighted by Crippen LogP contribution is -2.15. The Labute approximate surface area is 161 Å². The fraction of sp³-hybridized carbons (Fsp3) is 0.158. The molecule has 0 bridgehead atoms. The van der Waals surface area contributed by atoms with Crippen LogP contribution in [0.3, 0.4) is 0 Å². The Morgan fingerprint density at radius 3 is 2.68 bits per heavy atom. The van der Waals surface area contributed by atoms with E-state index < -0.39 is 20.7 Å². The van der Waals surface area contributed by atoms with Crippen molar-refractivity contribution in [1.29, 1.82) is 0 Å². The fourth-order valence-corrected chi connectivity index (χ4v) is 4.34. The SMILES string of the molecule is Cc1cc(Cn2cccn2)cc2c1c(NS(=O)(=O)c1ccccc1F)nn2C. The van der Waals surface area contributed by atoms with Gasteiger partial charge in [-0.3, -0.25) is 14.1 Å². The molecule has 28 heavy (non-hydrogen) atoms. The molecule has 9 heteroatoms. The van der Waals surface area contributed by atoms with Gasteiger partial charge in [0.1, 0.15) is 10.7 Å². The van der Waals surface area contributed by atoms with Gasteiger partial charge in [0.25, 0.3) is 10.0 Å². The normalized spacial score (nSPS) is 11.8. The predicted octanol–water partition coefficient (Wildman–Crippen LogP) is 3.07. The molecule has 0 unspecified atom stereocenters. The van der Waals surface area contributed by atoms with Crippen LogP contribution in [0.4, 0.5) is 10.2 Å². The molecule has 4 aromatic rings. The molecule has 2 aromatic heterocycles. The molecule has 0 aliphatic carbocycles. The van der Waals surface area contributed by atoms with Gasteiger partial charge < -0.3 is 0 Å². The summed E-state index contributed by atoms with van der Waals surface area (Å²) in [5.41, 5.74) is 2.65. The predicted molar refractivity (Wildman–Crippen MR) is 104 cm³/mol. The Bertz CT molecular complexity index is 1260. The van der Waals surface area contributed by atoms with Crippen LogP contribution >= 0.6 is 0 Å². The number of aryl methyl sites for hydroxylation is 2. The van der Waals surface area contributed by atoms with Crippen LogP contribution in [0.15, 0.2) is 59.8 Å². The fourth-order valence-electron chi connectivity index (χ4n) is 3.25. The molecule has 0 atom stereocenters. The molecule has 4 rings (SSSR count). The first-order chi connectivity index (χ1) is 13.3. The first-order valence-electron chi connectivity index (χ1n) is 8.56. The second-order valence-corrected chi connectivity index (χ2v) is 8.17. The van der Waals surface area contributed by atoms with Gasteiger partial charge in [0.05, 0.1) is 12.1 Å². The third kappa shape index (κ3) is 3.24. The smallest absolute Gasteiger partial charge is 0.266 e. The number of nitrogens with one attached hydrogen (secondary N) is 1. The van der Waals surface area contributed by atoms with Crippen LogP contribution in [-0.2, 0) is 23.6 Å². The Morgan fingerprint density at radius 2 is 1.96 bits per heavy atom. The first kappa shape index (κ1) is 18.2. The Kier molecular flexibility index (Phi) is 4.38. The minimum atomic E-state index is -4.10. The number of sulfonamides is 1. The Hall–Kier alpha value is -3.20. The Morgan fingerprint density at radius 1 is 1.18 bits per heavy atom. The van der Waals surface area contributed by atoms with Crippen molar-refractivity contribution >= 4 is 26.7 Å². The molecule has 0 amide bonds. The van der Waals surface area contributed by atoms with Gasteiger partial charge in [-0.15, -0.1) is 0 Å². The number of hydrogen-bond donors (Lipinski definition) is 1. The summed E-state index contributed by atoms with van der Waals surface area (Å²) in [6, 6.07) is 11.0. The summed E-state index contributed by atoms with van der Waals surface area (Å²) in [5, 5.41) is 9.19. The summed E-state index contributed by atoms with van der Waals surface area (Å²) >= 11 is 0. The van der Waals surface area contributed by atoms with Crippen molar-refractivity contribution in [2.24, 2.45) is 7.05 Å². The number of halogens is 1. The average Bonchev–Trinajstić information content (AvgIpc) is 3.23. The van der Waals surface area contributed by atoms with E-state index in [2.05, 4.69) is 14.9 Å². The third-order valence-corrected chi connectivity index (χ3v) is 5.84. The largest absolute Gasteiger partial charge is 0.268 e. The molecular formula is C19H18FN5O2S. The van der Waals surface area contributed by atoms with E-state index in [9.17, 15) is 12.8 Å². The maximum absolute atomic E-state index is 14.0. The maximum Gasteiger partial charge on any atom is 0.266 e. The zero-order valence-corrected chi connectivity index (χ0v) is 16.1. The van der Waals surface area contributed by atoms with Gasteiger partial charge in [0, 0.05) is 24.8 Å². The van der Waals surface area contributed by atoms with Crippen molar-refractivity contribution in [3.63, 3.8) is 0 Å². The summed E-state index contributed by atoms with van der Waals surface area (Å²) in [4.78, 5) is -0.415. The van der Waals surface area contributed by atoms with E-state index in [0.717, 1.165) is 22.7 Å². The maximum atomic E-state index is 14.0. The van der Waals surface area contributed by atoms with Crippen LogP contribution in [0.2, 0.25) is 0 Å². The first-order valence-corrected chi connectivity index (χ1v) is 10.0. The second-order valence-electron chi connectivity index (χ2n) is 6.52. The molecule has 0 aliphatic rings. The lowest BCUT2D eigenvalue weighted by atomic mass is 10.1. The Balaban J connectivity index is 1.76. The van der Waals surface area contributed by atoms with E-state index in [1.807, 2.05) is 31.3 Å². The number of rotatable bonds is 5. The summed E-state index contributed by atoms with van der Waals surface area (Å²) in [6.45, 7) is 2.47. The van der Waals surface area contributed by atoms with E-state index in [4.69, 9.17) is 0 Å². The summed E-state index contributed by atoms with van der Waals surface area (Å²) in [6.07, 6.45) is 3.59. The van der Waals surface area contributed by atoms with Gasteiger partial charge >= 0.3 is 0 Å².